The Morgan fingerprint density at radius 2 is 1.73 bits per heavy atom. The first-order chi connectivity index (χ1) is 17.9. The molecule has 200 valence electrons. The molecule has 2 aromatic carbocycles. The van der Waals surface area contributed by atoms with Crippen LogP contribution in [0.15, 0.2) is 42.5 Å². The summed E-state index contributed by atoms with van der Waals surface area (Å²) >= 11 is 6.22. The molecule has 0 radical (unpaired) electrons. The summed E-state index contributed by atoms with van der Waals surface area (Å²) in [6.07, 6.45) is 8.92. The van der Waals surface area contributed by atoms with E-state index in [1.54, 1.807) is 12.1 Å². The molecule has 1 aliphatic carbocycles. The Morgan fingerprint density at radius 1 is 1.00 bits per heavy atom. The lowest BCUT2D eigenvalue weighted by Crippen LogP contribution is -2.51. The number of hydrogen-bond acceptors (Lipinski definition) is 3. The fraction of sp³-hybridized carbons (Fsp3) is 0.581. The van der Waals surface area contributed by atoms with Gasteiger partial charge in [0.05, 0.1) is 6.42 Å². The summed E-state index contributed by atoms with van der Waals surface area (Å²) in [7, 11) is 0. The van der Waals surface area contributed by atoms with Gasteiger partial charge in [0.1, 0.15) is 5.82 Å². The molecule has 0 aromatic heterocycles. The van der Waals surface area contributed by atoms with Gasteiger partial charge in [-0.2, -0.15) is 0 Å². The van der Waals surface area contributed by atoms with Crippen molar-refractivity contribution in [1.29, 1.82) is 0 Å². The molecule has 0 N–H and O–H groups in total. The average Bonchev–Trinajstić information content (AvgIpc) is 3.37. The minimum absolute atomic E-state index is 0.0125. The molecule has 3 fully saturated rings. The van der Waals surface area contributed by atoms with Crippen LogP contribution in [0, 0.1) is 12.7 Å². The van der Waals surface area contributed by atoms with Crippen molar-refractivity contribution in [2.75, 3.05) is 45.8 Å². The van der Waals surface area contributed by atoms with Crippen molar-refractivity contribution in [1.82, 2.24) is 14.7 Å². The number of halogens is 2. The highest BCUT2D eigenvalue weighted by atomic mass is 35.5. The van der Waals surface area contributed by atoms with E-state index < -0.39 is 5.82 Å². The maximum atomic E-state index is 14.4. The lowest BCUT2D eigenvalue weighted by atomic mass is 9.76. The van der Waals surface area contributed by atoms with Crippen LogP contribution >= 0.6 is 11.6 Å². The standard InChI is InChI=1S/C31H41ClFN3O/c1-24-10-12-25(13-11-24)31(14-16-34-18-20-35(21-19-34)26-6-3-2-4-7-26)15-17-36(23-31)30(37)22-27-28(32)8-5-9-29(27)33/h5,8-13,26H,2-4,6-7,14-23H2,1H3. The van der Waals surface area contributed by atoms with Crippen molar-refractivity contribution in [2.45, 2.75) is 69.7 Å². The third-order valence-corrected chi connectivity index (χ3v) is 9.52. The van der Waals surface area contributed by atoms with E-state index in [0.717, 1.165) is 38.5 Å². The number of carbonyl (C=O) groups is 1. The van der Waals surface area contributed by atoms with Crippen LogP contribution in [-0.4, -0.2) is 72.5 Å². The molecular weight excluding hydrogens is 485 g/mol. The Kier molecular flexibility index (Phi) is 8.53. The van der Waals surface area contributed by atoms with Crippen LogP contribution in [0.2, 0.25) is 5.02 Å². The minimum atomic E-state index is -0.405. The summed E-state index contributed by atoms with van der Waals surface area (Å²) in [5.74, 6) is -0.445. The Labute approximate surface area is 226 Å². The van der Waals surface area contributed by atoms with E-state index in [2.05, 4.69) is 41.0 Å². The smallest absolute Gasteiger partial charge is 0.227 e. The molecule has 1 atom stereocenters. The zero-order chi connectivity index (χ0) is 25.8. The predicted molar refractivity (Wildman–Crippen MR) is 149 cm³/mol. The van der Waals surface area contributed by atoms with Crippen LogP contribution in [0.25, 0.3) is 0 Å². The van der Waals surface area contributed by atoms with Gasteiger partial charge in [-0.3, -0.25) is 9.69 Å². The monoisotopic (exact) mass is 525 g/mol. The van der Waals surface area contributed by atoms with E-state index in [0.29, 0.717) is 23.7 Å². The zero-order valence-electron chi connectivity index (χ0n) is 22.2. The van der Waals surface area contributed by atoms with E-state index in [1.165, 1.54) is 62.4 Å². The second-order valence-corrected chi connectivity index (χ2v) is 11.9. The van der Waals surface area contributed by atoms with Gasteiger partial charge in [0, 0.05) is 61.3 Å². The summed E-state index contributed by atoms with van der Waals surface area (Å²) in [4.78, 5) is 20.6. The number of benzene rings is 2. The molecule has 6 heteroatoms. The van der Waals surface area contributed by atoms with E-state index >= 15 is 0 Å². The molecule has 1 amide bonds. The number of nitrogens with zero attached hydrogens (tertiary/aromatic N) is 3. The average molecular weight is 526 g/mol. The van der Waals surface area contributed by atoms with E-state index in [-0.39, 0.29) is 17.7 Å². The SMILES string of the molecule is Cc1ccc(C2(CCN3CCN(C4CCCCC4)CC3)CCN(C(=O)Cc3c(F)cccc3Cl)C2)cc1. The molecular formula is C31H41ClFN3O. The Hall–Kier alpha value is -1.95. The van der Waals surface area contributed by atoms with Gasteiger partial charge in [0.15, 0.2) is 0 Å². The third kappa shape index (κ3) is 6.21. The number of hydrogen-bond donors (Lipinski definition) is 0. The van der Waals surface area contributed by atoms with Crippen molar-refractivity contribution < 1.29 is 9.18 Å². The Balaban J connectivity index is 1.24. The zero-order valence-corrected chi connectivity index (χ0v) is 23.0. The molecule has 2 saturated heterocycles. The summed E-state index contributed by atoms with van der Waals surface area (Å²) < 4.78 is 14.4. The van der Waals surface area contributed by atoms with Crippen molar-refractivity contribution >= 4 is 17.5 Å². The number of carbonyl (C=O) groups excluding carboxylic acids is 1. The van der Waals surface area contributed by atoms with Crippen molar-refractivity contribution in [3.05, 3.63) is 70.0 Å². The van der Waals surface area contributed by atoms with Crippen molar-refractivity contribution in [3.8, 4) is 0 Å². The van der Waals surface area contributed by atoms with Crippen LogP contribution in [0.3, 0.4) is 0 Å². The third-order valence-electron chi connectivity index (χ3n) is 9.16. The summed E-state index contributed by atoms with van der Waals surface area (Å²) in [5.41, 5.74) is 2.80. The molecule has 4 nitrogen and oxygen atoms in total. The molecule has 0 spiro atoms. The molecule has 5 rings (SSSR count). The summed E-state index contributed by atoms with van der Waals surface area (Å²) in [6, 6.07) is 14.3. The maximum Gasteiger partial charge on any atom is 0.227 e. The van der Waals surface area contributed by atoms with Crippen molar-refractivity contribution in [2.24, 2.45) is 0 Å². The molecule has 1 saturated carbocycles. The first-order valence-electron chi connectivity index (χ1n) is 14.2. The van der Waals surface area contributed by atoms with Gasteiger partial charge in [0.25, 0.3) is 0 Å². The molecule has 2 aromatic rings. The minimum Gasteiger partial charge on any atom is -0.341 e. The van der Waals surface area contributed by atoms with Gasteiger partial charge >= 0.3 is 0 Å². The van der Waals surface area contributed by atoms with Gasteiger partial charge in [0.2, 0.25) is 5.91 Å². The highest BCUT2D eigenvalue weighted by molar-refractivity contribution is 6.31. The molecule has 0 bridgehead atoms. The van der Waals surface area contributed by atoms with Gasteiger partial charge in [-0.15, -0.1) is 0 Å². The first-order valence-corrected chi connectivity index (χ1v) is 14.6. The lowest BCUT2D eigenvalue weighted by molar-refractivity contribution is -0.129. The molecule has 2 aliphatic heterocycles. The van der Waals surface area contributed by atoms with Crippen molar-refractivity contribution in [3.63, 3.8) is 0 Å². The van der Waals surface area contributed by atoms with Gasteiger partial charge in [-0.05, 0) is 56.8 Å². The largest absolute Gasteiger partial charge is 0.341 e. The fourth-order valence-electron chi connectivity index (χ4n) is 6.71. The van der Waals surface area contributed by atoms with E-state index in [1.807, 2.05) is 4.90 Å². The molecule has 3 aliphatic rings. The second-order valence-electron chi connectivity index (χ2n) is 11.5. The van der Waals surface area contributed by atoms with Crippen LogP contribution < -0.4 is 0 Å². The van der Waals surface area contributed by atoms with Crippen LogP contribution in [0.4, 0.5) is 4.39 Å². The van der Waals surface area contributed by atoms with Crippen LogP contribution in [0.1, 0.15) is 61.6 Å². The first kappa shape index (κ1) is 26.6. The van der Waals surface area contributed by atoms with E-state index in [4.69, 9.17) is 11.6 Å². The number of aryl methyl sites for hydroxylation is 1. The fourth-order valence-corrected chi connectivity index (χ4v) is 6.94. The van der Waals surface area contributed by atoms with Crippen LogP contribution in [-0.2, 0) is 16.6 Å². The second kappa shape index (κ2) is 11.8. The predicted octanol–water partition coefficient (Wildman–Crippen LogP) is 5.84. The quantitative estimate of drug-likeness (QED) is 0.454. The Morgan fingerprint density at radius 3 is 2.43 bits per heavy atom. The topological polar surface area (TPSA) is 26.8 Å². The number of amides is 1. The van der Waals surface area contributed by atoms with Gasteiger partial charge in [-0.25, -0.2) is 4.39 Å². The lowest BCUT2D eigenvalue weighted by Gasteiger charge is -2.41. The number of piperazine rings is 1. The summed E-state index contributed by atoms with van der Waals surface area (Å²) in [5, 5.41) is 0.324. The normalized spacial score (nSPS) is 24.0. The molecule has 2 heterocycles. The number of rotatable bonds is 7. The molecule has 1 unspecified atom stereocenters. The number of likely N-dealkylation sites (tertiary alicyclic amines) is 1. The van der Waals surface area contributed by atoms with E-state index in [9.17, 15) is 9.18 Å². The maximum absolute atomic E-state index is 14.4. The van der Waals surface area contributed by atoms with Gasteiger partial charge < -0.3 is 9.80 Å². The van der Waals surface area contributed by atoms with Gasteiger partial charge in [-0.1, -0.05) is 66.8 Å². The van der Waals surface area contributed by atoms with Crippen LogP contribution in [0.5, 0.6) is 0 Å². The Bertz CT molecular complexity index is 1040. The summed E-state index contributed by atoms with van der Waals surface area (Å²) in [6.45, 7) is 9.17. The highest BCUT2D eigenvalue weighted by Crippen LogP contribution is 2.39. The molecule has 37 heavy (non-hydrogen) atoms. The highest BCUT2D eigenvalue weighted by Gasteiger charge is 2.41.